The van der Waals surface area contributed by atoms with E-state index in [1.807, 2.05) is 0 Å². The van der Waals surface area contributed by atoms with Gasteiger partial charge in [-0.2, -0.15) is 13.2 Å². The van der Waals surface area contributed by atoms with Crippen LogP contribution in [0.4, 0.5) is 13.2 Å². The topological polar surface area (TPSA) is 29.1 Å². The maximum absolute atomic E-state index is 11.8. The van der Waals surface area contributed by atoms with Crippen molar-refractivity contribution in [2.75, 3.05) is 6.54 Å². The minimum atomic E-state index is -4.25. The number of carbonyl (C=O) groups is 1. The molecule has 0 aliphatic carbocycles. The van der Waals surface area contributed by atoms with E-state index in [9.17, 15) is 18.0 Å². The fraction of sp³-hybridized carbons (Fsp3) is 0.889. The lowest BCUT2D eigenvalue weighted by Crippen LogP contribution is -2.46. The fourth-order valence-electron chi connectivity index (χ4n) is 1.11. The van der Waals surface area contributed by atoms with E-state index < -0.39 is 30.3 Å². The second kappa shape index (κ2) is 4.77. The van der Waals surface area contributed by atoms with Gasteiger partial charge in [-0.05, 0) is 20.4 Å². The molecule has 0 saturated carbocycles. The molecule has 1 N–H and O–H groups in total. The van der Waals surface area contributed by atoms with Crippen LogP contribution in [0.25, 0.3) is 0 Å². The first-order valence-electron chi connectivity index (χ1n) is 4.54. The lowest BCUT2D eigenvalue weighted by Gasteiger charge is -2.24. The van der Waals surface area contributed by atoms with Crippen molar-refractivity contribution in [3.8, 4) is 0 Å². The van der Waals surface area contributed by atoms with Crippen LogP contribution in [0.15, 0.2) is 0 Å². The third-order valence-corrected chi connectivity index (χ3v) is 1.95. The van der Waals surface area contributed by atoms with E-state index in [1.165, 1.54) is 0 Å². The Morgan fingerprint density at radius 2 is 1.79 bits per heavy atom. The molecule has 0 fully saturated rings. The molecule has 0 heterocycles. The Balaban J connectivity index is 4.08. The molecule has 0 aliphatic rings. The van der Waals surface area contributed by atoms with Gasteiger partial charge in [0.1, 0.15) is 0 Å². The normalized spacial score (nSPS) is 13.0. The summed E-state index contributed by atoms with van der Waals surface area (Å²) in [4.78, 5) is 11.3. The number of Topliss-reactive ketones (excluding diaryl/α,β-unsaturated/α-hetero) is 1. The average Bonchev–Trinajstić information content (AvgIpc) is 1.98. The van der Waals surface area contributed by atoms with Gasteiger partial charge in [0.2, 0.25) is 0 Å². The highest BCUT2D eigenvalue weighted by Gasteiger charge is 2.32. The molecule has 0 aromatic rings. The van der Waals surface area contributed by atoms with Crippen LogP contribution < -0.4 is 5.32 Å². The van der Waals surface area contributed by atoms with Crippen molar-refractivity contribution < 1.29 is 18.0 Å². The highest BCUT2D eigenvalue weighted by atomic mass is 19.4. The average molecular weight is 211 g/mol. The van der Waals surface area contributed by atoms with Crippen LogP contribution in [0, 0.1) is 0 Å². The quantitative estimate of drug-likeness (QED) is 0.755. The van der Waals surface area contributed by atoms with Crippen molar-refractivity contribution in [3.63, 3.8) is 0 Å². The number of hydrogen-bond donors (Lipinski definition) is 1. The van der Waals surface area contributed by atoms with Crippen molar-refractivity contribution >= 4 is 5.78 Å². The molecule has 0 aliphatic heterocycles. The summed E-state index contributed by atoms with van der Waals surface area (Å²) in [5.41, 5.74) is -0.861. The lowest BCUT2D eigenvalue weighted by atomic mass is 9.95. The highest BCUT2D eigenvalue weighted by Crippen LogP contribution is 2.23. The fourth-order valence-corrected chi connectivity index (χ4v) is 1.11. The summed E-state index contributed by atoms with van der Waals surface area (Å²) in [7, 11) is 0. The third-order valence-electron chi connectivity index (χ3n) is 1.95. The summed E-state index contributed by atoms with van der Waals surface area (Å²) in [6.07, 6.45) is -5.75. The Morgan fingerprint density at radius 1 is 1.29 bits per heavy atom. The van der Waals surface area contributed by atoms with Crippen LogP contribution in [0.3, 0.4) is 0 Å². The minimum absolute atomic E-state index is 0.406. The minimum Gasteiger partial charge on any atom is -0.306 e. The van der Waals surface area contributed by atoms with Crippen LogP contribution >= 0.6 is 0 Å². The zero-order valence-electron chi connectivity index (χ0n) is 8.66. The van der Waals surface area contributed by atoms with Gasteiger partial charge in [0.15, 0.2) is 5.78 Å². The lowest BCUT2D eigenvalue weighted by molar-refractivity contribution is -0.145. The number of halogens is 3. The van der Waals surface area contributed by atoms with E-state index in [0.717, 1.165) is 0 Å². The first kappa shape index (κ1) is 13.4. The van der Waals surface area contributed by atoms with E-state index in [4.69, 9.17) is 0 Å². The molecule has 5 heteroatoms. The highest BCUT2D eigenvalue weighted by molar-refractivity contribution is 5.87. The summed E-state index contributed by atoms with van der Waals surface area (Å²) in [6, 6.07) is 0. The molecule has 0 spiro atoms. The summed E-state index contributed by atoms with van der Waals surface area (Å²) >= 11 is 0. The van der Waals surface area contributed by atoms with Gasteiger partial charge in [-0.15, -0.1) is 0 Å². The van der Waals surface area contributed by atoms with Crippen molar-refractivity contribution in [3.05, 3.63) is 0 Å². The maximum Gasteiger partial charge on any atom is 0.389 e. The third kappa shape index (κ3) is 5.21. The molecule has 0 atom stereocenters. The molecule has 14 heavy (non-hydrogen) atoms. The standard InChI is InChI=1S/C9H16F3NO/c1-4-13-8(2,3)7(14)5-6-9(10,11)12/h13H,4-6H2,1-3H3. The van der Waals surface area contributed by atoms with E-state index in [-0.39, 0.29) is 0 Å². The maximum atomic E-state index is 11.8. The van der Waals surface area contributed by atoms with Crippen molar-refractivity contribution in [1.29, 1.82) is 0 Å². The summed E-state index contributed by atoms with van der Waals surface area (Å²) < 4.78 is 35.5. The van der Waals surface area contributed by atoms with Gasteiger partial charge < -0.3 is 5.32 Å². The van der Waals surface area contributed by atoms with Gasteiger partial charge in [-0.1, -0.05) is 6.92 Å². The van der Waals surface area contributed by atoms with E-state index >= 15 is 0 Å². The SMILES string of the molecule is CCNC(C)(C)C(=O)CCC(F)(F)F. The molecule has 0 bridgehead atoms. The van der Waals surface area contributed by atoms with Crippen molar-refractivity contribution in [1.82, 2.24) is 5.32 Å². The van der Waals surface area contributed by atoms with Crippen molar-refractivity contribution in [2.24, 2.45) is 0 Å². The zero-order chi connectivity index (χ0) is 11.4. The molecule has 0 saturated heterocycles. The van der Waals surface area contributed by atoms with Gasteiger partial charge in [0.05, 0.1) is 12.0 Å². The molecule has 0 rings (SSSR count). The predicted molar refractivity (Wildman–Crippen MR) is 48.1 cm³/mol. The monoisotopic (exact) mass is 211 g/mol. The Morgan fingerprint density at radius 3 is 2.14 bits per heavy atom. The first-order valence-corrected chi connectivity index (χ1v) is 4.54. The molecule has 2 nitrogen and oxygen atoms in total. The molecular formula is C9H16F3NO. The number of alkyl halides is 3. The van der Waals surface area contributed by atoms with Crippen LogP contribution in [-0.4, -0.2) is 24.0 Å². The number of carbonyl (C=O) groups excluding carboxylic acids is 1. The van der Waals surface area contributed by atoms with Gasteiger partial charge in [-0.3, -0.25) is 4.79 Å². The van der Waals surface area contributed by atoms with Crippen LogP contribution in [0.2, 0.25) is 0 Å². The summed E-state index contributed by atoms with van der Waals surface area (Å²) in [6.45, 7) is 5.55. The Bertz CT molecular complexity index is 199. The predicted octanol–water partition coefficient (Wildman–Crippen LogP) is 2.29. The summed E-state index contributed by atoms with van der Waals surface area (Å²) in [5.74, 6) is -0.406. The molecular weight excluding hydrogens is 195 g/mol. The second-order valence-corrected chi connectivity index (χ2v) is 3.69. The molecule has 0 unspecified atom stereocenters. The summed E-state index contributed by atoms with van der Waals surface area (Å²) in [5, 5.41) is 2.84. The number of rotatable bonds is 5. The molecule has 0 aromatic carbocycles. The molecule has 84 valence electrons. The molecule has 0 radical (unpaired) electrons. The number of likely N-dealkylation sites (N-methyl/N-ethyl adjacent to an activating group) is 1. The number of nitrogens with one attached hydrogen (secondary N) is 1. The van der Waals surface area contributed by atoms with Gasteiger partial charge in [0, 0.05) is 6.42 Å². The second-order valence-electron chi connectivity index (χ2n) is 3.69. The van der Waals surface area contributed by atoms with E-state index in [1.54, 1.807) is 20.8 Å². The van der Waals surface area contributed by atoms with E-state index in [0.29, 0.717) is 6.54 Å². The van der Waals surface area contributed by atoms with Crippen LogP contribution in [-0.2, 0) is 4.79 Å². The Labute approximate surface area is 81.9 Å². The smallest absolute Gasteiger partial charge is 0.306 e. The first-order chi connectivity index (χ1) is 6.19. The van der Waals surface area contributed by atoms with Crippen molar-refractivity contribution in [2.45, 2.75) is 45.3 Å². The Hall–Kier alpha value is -0.580. The van der Waals surface area contributed by atoms with Gasteiger partial charge in [0.25, 0.3) is 0 Å². The van der Waals surface area contributed by atoms with Crippen LogP contribution in [0.5, 0.6) is 0 Å². The largest absolute Gasteiger partial charge is 0.389 e. The van der Waals surface area contributed by atoms with Gasteiger partial charge in [-0.25, -0.2) is 0 Å². The zero-order valence-corrected chi connectivity index (χ0v) is 8.66. The number of hydrogen-bond acceptors (Lipinski definition) is 2. The Kier molecular flexibility index (Phi) is 4.58. The number of ketones is 1. The molecule has 0 amide bonds. The van der Waals surface area contributed by atoms with Crippen LogP contribution in [0.1, 0.15) is 33.6 Å². The van der Waals surface area contributed by atoms with Gasteiger partial charge >= 0.3 is 6.18 Å². The van der Waals surface area contributed by atoms with E-state index in [2.05, 4.69) is 5.32 Å². The molecule has 0 aromatic heterocycles.